The van der Waals surface area contributed by atoms with Gasteiger partial charge in [0, 0.05) is 51.8 Å². The largest absolute Gasteiger partial charge is 0.441 e. The molecule has 0 aromatic carbocycles. The first-order valence-electron chi connectivity index (χ1n) is 8.94. The summed E-state index contributed by atoms with van der Waals surface area (Å²) in [6.45, 7) is 3.50. The highest BCUT2D eigenvalue weighted by Gasteiger charge is 2.46. The molecular formula is C17H27N5O4. The monoisotopic (exact) mass is 365 g/mol. The number of ether oxygens (including phenoxy) is 2. The van der Waals surface area contributed by atoms with Crippen molar-refractivity contribution in [1.82, 2.24) is 24.9 Å². The standard InChI is InChI=1S/C17H27N5O4/c1-20-10-14(9-19-20)11-21(7-8-25-2)15(23)12-22-13-17(26-16(22)24)3-5-18-6-4-17/h9-10,18H,3-8,11-13H2,1-2H3. The highest BCUT2D eigenvalue weighted by atomic mass is 16.6. The maximum Gasteiger partial charge on any atom is 0.410 e. The summed E-state index contributed by atoms with van der Waals surface area (Å²) >= 11 is 0. The Balaban J connectivity index is 1.62. The number of piperidine rings is 1. The third-order valence-corrected chi connectivity index (χ3v) is 4.93. The average Bonchev–Trinajstić information content (AvgIpc) is 3.15. The van der Waals surface area contributed by atoms with E-state index in [0.29, 0.717) is 26.2 Å². The Kier molecular flexibility index (Phi) is 5.77. The van der Waals surface area contributed by atoms with Crippen LogP contribution in [0.3, 0.4) is 0 Å². The van der Waals surface area contributed by atoms with Crippen molar-refractivity contribution in [2.45, 2.75) is 25.0 Å². The lowest BCUT2D eigenvalue weighted by Gasteiger charge is -2.31. The maximum absolute atomic E-state index is 12.8. The van der Waals surface area contributed by atoms with Crippen molar-refractivity contribution in [3.05, 3.63) is 18.0 Å². The summed E-state index contributed by atoms with van der Waals surface area (Å²) in [6.07, 6.45) is 4.79. The van der Waals surface area contributed by atoms with Gasteiger partial charge in [0.1, 0.15) is 12.1 Å². The number of aryl methyl sites for hydroxylation is 1. The van der Waals surface area contributed by atoms with Crippen LogP contribution in [0.25, 0.3) is 0 Å². The molecule has 3 rings (SSSR count). The fourth-order valence-corrected chi connectivity index (χ4v) is 3.49. The van der Waals surface area contributed by atoms with Gasteiger partial charge in [0.25, 0.3) is 0 Å². The molecule has 144 valence electrons. The van der Waals surface area contributed by atoms with Crippen LogP contribution in [0.1, 0.15) is 18.4 Å². The summed E-state index contributed by atoms with van der Waals surface area (Å²) in [4.78, 5) is 28.3. The Hall–Kier alpha value is -2.13. The number of amides is 2. The third-order valence-electron chi connectivity index (χ3n) is 4.93. The van der Waals surface area contributed by atoms with Crippen molar-refractivity contribution < 1.29 is 19.1 Å². The highest BCUT2D eigenvalue weighted by Crippen LogP contribution is 2.31. The molecule has 1 spiro atoms. The normalized spacial score (nSPS) is 19.0. The second kappa shape index (κ2) is 8.05. The van der Waals surface area contributed by atoms with Gasteiger partial charge in [-0.3, -0.25) is 14.4 Å². The quantitative estimate of drug-likeness (QED) is 0.730. The van der Waals surface area contributed by atoms with Gasteiger partial charge in [-0.05, 0) is 13.1 Å². The topological polar surface area (TPSA) is 88.9 Å². The lowest BCUT2D eigenvalue weighted by molar-refractivity contribution is -0.133. The number of nitrogens with one attached hydrogen (secondary N) is 1. The molecule has 2 saturated heterocycles. The number of hydrogen-bond acceptors (Lipinski definition) is 6. The van der Waals surface area contributed by atoms with E-state index < -0.39 is 11.7 Å². The van der Waals surface area contributed by atoms with Crippen molar-refractivity contribution >= 4 is 12.0 Å². The molecule has 0 bridgehead atoms. The van der Waals surface area contributed by atoms with Gasteiger partial charge >= 0.3 is 6.09 Å². The van der Waals surface area contributed by atoms with Gasteiger partial charge in [0.2, 0.25) is 5.91 Å². The van der Waals surface area contributed by atoms with Crippen molar-refractivity contribution in [2.24, 2.45) is 7.05 Å². The van der Waals surface area contributed by atoms with Gasteiger partial charge < -0.3 is 19.7 Å². The number of carbonyl (C=O) groups excluding carboxylic acids is 2. The van der Waals surface area contributed by atoms with Crippen LogP contribution in [-0.4, -0.2) is 83.6 Å². The first-order valence-corrected chi connectivity index (χ1v) is 8.94. The first-order chi connectivity index (χ1) is 12.5. The minimum atomic E-state index is -0.441. The number of carbonyl (C=O) groups is 2. The van der Waals surface area contributed by atoms with Crippen LogP contribution in [0.2, 0.25) is 0 Å². The number of nitrogens with zero attached hydrogens (tertiary/aromatic N) is 4. The van der Waals surface area contributed by atoms with Crippen molar-refractivity contribution in [3.8, 4) is 0 Å². The molecule has 0 unspecified atom stereocenters. The van der Waals surface area contributed by atoms with E-state index >= 15 is 0 Å². The van der Waals surface area contributed by atoms with E-state index in [0.717, 1.165) is 31.5 Å². The fourth-order valence-electron chi connectivity index (χ4n) is 3.49. The molecule has 2 amide bonds. The Morgan fingerprint density at radius 3 is 2.88 bits per heavy atom. The van der Waals surface area contributed by atoms with E-state index in [1.54, 1.807) is 22.9 Å². The molecule has 1 aromatic rings. The lowest BCUT2D eigenvalue weighted by atomic mass is 9.92. The molecule has 26 heavy (non-hydrogen) atoms. The van der Waals surface area contributed by atoms with E-state index in [2.05, 4.69) is 10.4 Å². The SMILES string of the molecule is COCCN(Cc1cnn(C)c1)C(=O)CN1CC2(CCNCC2)OC1=O. The Morgan fingerprint density at radius 1 is 1.46 bits per heavy atom. The van der Waals surface area contributed by atoms with Crippen LogP contribution in [-0.2, 0) is 27.9 Å². The van der Waals surface area contributed by atoms with Crippen molar-refractivity contribution in [2.75, 3.05) is 46.4 Å². The van der Waals surface area contributed by atoms with Crippen molar-refractivity contribution in [3.63, 3.8) is 0 Å². The number of methoxy groups -OCH3 is 1. The summed E-state index contributed by atoms with van der Waals surface area (Å²) in [5, 5.41) is 7.41. The zero-order chi connectivity index (χ0) is 18.6. The minimum absolute atomic E-state index is 0.0258. The number of aromatic nitrogens is 2. The van der Waals surface area contributed by atoms with E-state index in [4.69, 9.17) is 9.47 Å². The minimum Gasteiger partial charge on any atom is -0.441 e. The van der Waals surface area contributed by atoms with Crippen LogP contribution in [0.5, 0.6) is 0 Å². The van der Waals surface area contributed by atoms with Gasteiger partial charge in [-0.15, -0.1) is 0 Å². The molecule has 1 N–H and O–H groups in total. The number of rotatable bonds is 7. The summed E-state index contributed by atoms with van der Waals surface area (Å²) in [5.74, 6) is -0.117. The third kappa shape index (κ3) is 4.34. The van der Waals surface area contributed by atoms with Crippen LogP contribution in [0.4, 0.5) is 4.79 Å². The zero-order valence-electron chi connectivity index (χ0n) is 15.4. The smallest absolute Gasteiger partial charge is 0.410 e. The molecule has 2 aliphatic heterocycles. The molecule has 0 atom stereocenters. The molecule has 9 nitrogen and oxygen atoms in total. The summed E-state index contributed by atoms with van der Waals surface area (Å²) in [7, 11) is 3.44. The van der Waals surface area contributed by atoms with E-state index in [1.807, 2.05) is 13.2 Å². The second-order valence-electron chi connectivity index (χ2n) is 6.99. The molecule has 1 aromatic heterocycles. The Morgan fingerprint density at radius 2 is 2.23 bits per heavy atom. The molecule has 0 saturated carbocycles. The molecule has 0 aliphatic carbocycles. The highest BCUT2D eigenvalue weighted by molar-refractivity contribution is 5.83. The van der Waals surface area contributed by atoms with E-state index in [1.165, 1.54) is 4.90 Å². The summed E-state index contributed by atoms with van der Waals surface area (Å²) in [6, 6.07) is 0. The van der Waals surface area contributed by atoms with Crippen LogP contribution >= 0.6 is 0 Å². The van der Waals surface area contributed by atoms with Gasteiger partial charge in [0.15, 0.2) is 0 Å². The van der Waals surface area contributed by atoms with Crippen molar-refractivity contribution in [1.29, 1.82) is 0 Å². The molecule has 0 radical (unpaired) electrons. The lowest BCUT2D eigenvalue weighted by Crippen LogP contribution is -2.46. The molecule has 2 fully saturated rings. The molecule has 9 heteroatoms. The predicted octanol–water partition coefficient (Wildman–Crippen LogP) is -0.0305. The van der Waals surface area contributed by atoms with Crippen LogP contribution in [0, 0.1) is 0 Å². The predicted molar refractivity (Wildman–Crippen MR) is 93.4 cm³/mol. The Labute approximate surface area is 153 Å². The van der Waals surface area contributed by atoms with Crippen LogP contribution in [0.15, 0.2) is 12.4 Å². The van der Waals surface area contributed by atoms with Gasteiger partial charge in [0.05, 0.1) is 19.3 Å². The van der Waals surface area contributed by atoms with Gasteiger partial charge in [-0.2, -0.15) is 5.10 Å². The fraction of sp³-hybridized carbons (Fsp3) is 0.706. The van der Waals surface area contributed by atoms with Gasteiger partial charge in [-0.1, -0.05) is 0 Å². The summed E-state index contributed by atoms with van der Waals surface area (Å²) < 4.78 is 12.4. The van der Waals surface area contributed by atoms with Gasteiger partial charge in [-0.25, -0.2) is 4.79 Å². The molecule has 3 heterocycles. The molecular weight excluding hydrogens is 338 g/mol. The number of hydrogen-bond donors (Lipinski definition) is 1. The maximum atomic E-state index is 12.8. The summed E-state index contributed by atoms with van der Waals surface area (Å²) in [5.41, 5.74) is 0.499. The average molecular weight is 365 g/mol. The first kappa shape index (κ1) is 18.7. The molecule has 2 aliphatic rings. The van der Waals surface area contributed by atoms with E-state index in [-0.39, 0.29) is 12.5 Å². The Bertz CT molecular complexity index is 641. The van der Waals surface area contributed by atoms with Crippen LogP contribution < -0.4 is 5.32 Å². The zero-order valence-corrected chi connectivity index (χ0v) is 15.4. The van der Waals surface area contributed by atoms with E-state index in [9.17, 15) is 9.59 Å². The second-order valence-corrected chi connectivity index (χ2v) is 6.99.